The van der Waals surface area contributed by atoms with Crippen LogP contribution in [0, 0.1) is 5.92 Å². The van der Waals surface area contributed by atoms with Crippen molar-refractivity contribution in [1.82, 2.24) is 5.32 Å². The Morgan fingerprint density at radius 3 is 2.65 bits per heavy atom. The van der Waals surface area contributed by atoms with Crippen molar-refractivity contribution in [3.63, 3.8) is 0 Å². The van der Waals surface area contributed by atoms with Gasteiger partial charge in [-0.05, 0) is 63.1 Å². The summed E-state index contributed by atoms with van der Waals surface area (Å²) >= 11 is 2.00. The molecule has 1 fully saturated rings. The van der Waals surface area contributed by atoms with E-state index in [4.69, 9.17) is 0 Å². The lowest BCUT2D eigenvalue weighted by molar-refractivity contribution is 0.435. The van der Waals surface area contributed by atoms with Crippen LogP contribution in [0.25, 0.3) is 0 Å². The highest BCUT2D eigenvalue weighted by Gasteiger charge is 2.29. The average molecular weight is 251 g/mol. The summed E-state index contributed by atoms with van der Waals surface area (Å²) in [6.07, 6.45) is 8.08. The molecule has 1 saturated carbocycles. The molecule has 1 aliphatic carbocycles. The Morgan fingerprint density at radius 2 is 2.06 bits per heavy atom. The smallest absolute Gasteiger partial charge is 0.00953 e. The Balaban J connectivity index is 1.70. The van der Waals surface area contributed by atoms with E-state index in [1.165, 1.54) is 43.4 Å². The summed E-state index contributed by atoms with van der Waals surface area (Å²) in [7, 11) is 0. The van der Waals surface area contributed by atoms with Crippen molar-refractivity contribution in [3.05, 3.63) is 21.9 Å². The van der Waals surface area contributed by atoms with Crippen LogP contribution in [-0.2, 0) is 12.8 Å². The number of hydrogen-bond donors (Lipinski definition) is 1. The van der Waals surface area contributed by atoms with Crippen LogP contribution in [0.1, 0.15) is 49.3 Å². The minimum atomic E-state index is 0.797. The van der Waals surface area contributed by atoms with Gasteiger partial charge in [-0.3, -0.25) is 0 Å². The van der Waals surface area contributed by atoms with Gasteiger partial charge in [-0.25, -0.2) is 0 Å². The van der Waals surface area contributed by atoms with Gasteiger partial charge in [-0.1, -0.05) is 13.8 Å². The lowest BCUT2D eigenvalue weighted by Gasteiger charge is -2.16. The van der Waals surface area contributed by atoms with Crippen molar-refractivity contribution in [3.8, 4) is 0 Å². The maximum absolute atomic E-state index is 3.65. The van der Waals surface area contributed by atoms with Gasteiger partial charge in [0.25, 0.3) is 0 Å². The quantitative estimate of drug-likeness (QED) is 0.736. The molecule has 2 heteroatoms. The fourth-order valence-corrected chi connectivity index (χ4v) is 3.51. The second kappa shape index (κ2) is 6.55. The van der Waals surface area contributed by atoms with Gasteiger partial charge < -0.3 is 5.32 Å². The summed E-state index contributed by atoms with van der Waals surface area (Å²) in [5.41, 5.74) is 0. The molecule has 2 rings (SSSR count). The van der Waals surface area contributed by atoms with E-state index in [2.05, 4.69) is 31.3 Å². The van der Waals surface area contributed by atoms with E-state index in [9.17, 15) is 0 Å². The predicted molar refractivity (Wildman–Crippen MR) is 76.8 cm³/mol. The summed E-state index contributed by atoms with van der Waals surface area (Å²) in [5, 5.41) is 3.65. The van der Waals surface area contributed by atoms with Gasteiger partial charge in [0.2, 0.25) is 0 Å². The zero-order valence-corrected chi connectivity index (χ0v) is 12.0. The number of aryl methyl sites for hydroxylation is 2. The van der Waals surface area contributed by atoms with E-state index in [1.54, 1.807) is 4.88 Å². The average Bonchev–Trinajstić information content (AvgIpc) is 3.08. The van der Waals surface area contributed by atoms with Gasteiger partial charge in [0.05, 0.1) is 0 Å². The standard InChI is InChI=1S/C15H25NS/c1-3-13-10-11-14(17-13)6-5-7-15(16-4-2)12-8-9-12/h10-12,15-16H,3-9H2,1-2H3. The first-order chi connectivity index (χ1) is 8.33. The molecule has 0 aliphatic heterocycles. The van der Waals surface area contributed by atoms with Crippen LogP contribution < -0.4 is 5.32 Å². The highest BCUT2D eigenvalue weighted by atomic mass is 32.1. The zero-order chi connectivity index (χ0) is 12.1. The number of hydrogen-bond acceptors (Lipinski definition) is 2. The molecule has 1 nitrogen and oxygen atoms in total. The Morgan fingerprint density at radius 1 is 1.29 bits per heavy atom. The molecule has 1 atom stereocenters. The minimum absolute atomic E-state index is 0.797. The number of thiophene rings is 1. The first-order valence-electron chi connectivity index (χ1n) is 7.14. The third-order valence-electron chi connectivity index (χ3n) is 3.66. The molecule has 1 N–H and O–H groups in total. The molecule has 0 radical (unpaired) electrons. The Kier molecular flexibility index (Phi) is 5.05. The number of nitrogens with one attached hydrogen (secondary N) is 1. The molecule has 96 valence electrons. The van der Waals surface area contributed by atoms with Crippen LogP contribution in [-0.4, -0.2) is 12.6 Å². The minimum Gasteiger partial charge on any atom is -0.314 e. The van der Waals surface area contributed by atoms with Crippen molar-refractivity contribution in [1.29, 1.82) is 0 Å². The molecular formula is C15H25NS. The van der Waals surface area contributed by atoms with E-state index >= 15 is 0 Å². The molecule has 17 heavy (non-hydrogen) atoms. The summed E-state index contributed by atoms with van der Waals surface area (Å²) in [4.78, 5) is 3.11. The van der Waals surface area contributed by atoms with E-state index in [-0.39, 0.29) is 0 Å². The van der Waals surface area contributed by atoms with Gasteiger partial charge in [0.15, 0.2) is 0 Å². The molecule has 1 aromatic rings. The maximum Gasteiger partial charge on any atom is 0.00953 e. The van der Waals surface area contributed by atoms with Crippen molar-refractivity contribution < 1.29 is 0 Å². The predicted octanol–water partition coefficient (Wildman–Crippen LogP) is 4.02. The van der Waals surface area contributed by atoms with Crippen LogP contribution in [0.5, 0.6) is 0 Å². The lowest BCUT2D eigenvalue weighted by Crippen LogP contribution is -2.30. The van der Waals surface area contributed by atoms with Crippen LogP contribution in [0.15, 0.2) is 12.1 Å². The first-order valence-corrected chi connectivity index (χ1v) is 7.96. The molecule has 1 aromatic heterocycles. The lowest BCUT2D eigenvalue weighted by atomic mass is 10.0. The molecule has 0 amide bonds. The molecule has 0 saturated heterocycles. The third-order valence-corrected chi connectivity index (χ3v) is 4.95. The Hall–Kier alpha value is -0.340. The van der Waals surface area contributed by atoms with Gasteiger partial charge in [-0.15, -0.1) is 11.3 Å². The molecule has 1 unspecified atom stereocenters. The van der Waals surface area contributed by atoms with Gasteiger partial charge in [0, 0.05) is 15.8 Å². The summed E-state index contributed by atoms with van der Waals surface area (Å²) in [6.45, 7) is 5.59. The van der Waals surface area contributed by atoms with E-state index in [0.717, 1.165) is 18.5 Å². The third kappa shape index (κ3) is 4.11. The Labute approximate surface area is 110 Å². The van der Waals surface area contributed by atoms with Crippen LogP contribution >= 0.6 is 11.3 Å². The molecule has 1 aliphatic rings. The van der Waals surface area contributed by atoms with Crippen LogP contribution in [0.3, 0.4) is 0 Å². The highest BCUT2D eigenvalue weighted by Crippen LogP contribution is 2.34. The molecule has 0 bridgehead atoms. The van der Waals surface area contributed by atoms with Crippen molar-refractivity contribution in [2.75, 3.05) is 6.54 Å². The summed E-state index contributed by atoms with van der Waals surface area (Å²) < 4.78 is 0. The van der Waals surface area contributed by atoms with Gasteiger partial charge >= 0.3 is 0 Å². The van der Waals surface area contributed by atoms with Gasteiger partial charge in [-0.2, -0.15) is 0 Å². The number of rotatable bonds is 8. The first kappa shape index (κ1) is 13.1. The molecule has 0 aromatic carbocycles. The van der Waals surface area contributed by atoms with E-state index < -0.39 is 0 Å². The second-order valence-corrected chi connectivity index (χ2v) is 6.37. The Bertz CT molecular complexity index is 327. The molecular weight excluding hydrogens is 226 g/mol. The summed E-state index contributed by atoms with van der Waals surface area (Å²) in [5.74, 6) is 0.990. The summed E-state index contributed by atoms with van der Waals surface area (Å²) in [6, 6.07) is 5.41. The second-order valence-electron chi connectivity index (χ2n) is 5.12. The van der Waals surface area contributed by atoms with Crippen molar-refractivity contribution >= 4 is 11.3 Å². The molecule has 0 spiro atoms. The normalized spacial score (nSPS) is 17.3. The van der Waals surface area contributed by atoms with E-state index in [0.29, 0.717) is 0 Å². The highest BCUT2D eigenvalue weighted by molar-refractivity contribution is 7.11. The SMILES string of the molecule is CCNC(CCCc1ccc(CC)s1)C1CC1. The van der Waals surface area contributed by atoms with Crippen molar-refractivity contribution in [2.24, 2.45) is 5.92 Å². The van der Waals surface area contributed by atoms with Gasteiger partial charge in [0.1, 0.15) is 0 Å². The van der Waals surface area contributed by atoms with Crippen LogP contribution in [0.4, 0.5) is 0 Å². The largest absolute Gasteiger partial charge is 0.314 e. The topological polar surface area (TPSA) is 12.0 Å². The fraction of sp³-hybridized carbons (Fsp3) is 0.733. The molecule has 1 heterocycles. The van der Waals surface area contributed by atoms with Crippen molar-refractivity contribution in [2.45, 2.75) is 58.4 Å². The fourth-order valence-electron chi connectivity index (χ4n) is 2.51. The van der Waals surface area contributed by atoms with Crippen LogP contribution in [0.2, 0.25) is 0 Å². The maximum atomic E-state index is 3.65. The zero-order valence-electron chi connectivity index (χ0n) is 11.2. The van der Waals surface area contributed by atoms with E-state index in [1.807, 2.05) is 11.3 Å². The monoisotopic (exact) mass is 251 g/mol.